The SMILES string of the molecule is NC1=CC=CCN1c1ccc(I)cc1F. The molecule has 4 heteroatoms. The molecule has 2 nitrogen and oxygen atoms in total. The van der Waals surface area contributed by atoms with E-state index in [4.69, 9.17) is 5.73 Å². The highest BCUT2D eigenvalue weighted by Gasteiger charge is 2.14. The third-order valence-electron chi connectivity index (χ3n) is 2.20. The summed E-state index contributed by atoms with van der Waals surface area (Å²) in [6, 6.07) is 5.11. The lowest BCUT2D eigenvalue weighted by molar-refractivity contribution is 0.623. The topological polar surface area (TPSA) is 29.3 Å². The van der Waals surface area contributed by atoms with E-state index in [1.54, 1.807) is 17.0 Å². The lowest BCUT2D eigenvalue weighted by Crippen LogP contribution is -2.30. The second kappa shape index (κ2) is 4.22. The number of hydrogen-bond acceptors (Lipinski definition) is 2. The minimum absolute atomic E-state index is 0.242. The molecule has 0 aromatic heterocycles. The fraction of sp³-hybridized carbons (Fsp3) is 0.0909. The number of nitrogens with two attached hydrogens (primary N) is 1. The Morgan fingerprint density at radius 1 is 1.40 bits per heavy atom. The molecule has 78 valence electrons. The molecule has 1 aromatic rings. The van der Waals surface area contributed by atoms with E-state index in [1.165, 1.54) is 6.07 Å². The Morgan fingerprint density at radius 3 is 2.87 bits per heavy atom. The molecule has 0 fully saturated rings. The number of hydrogen-bond donors (Lipinski definition) is 1. The molecule has 0 saturated heterocycles. The van der Waals surface area contributed by atoms with Crippen molar-refractivity contribution in [2.45, 2.75) is 0 Å². The van der Waals surface area contributed by atoms with Crippen LogP contribution >= 0.6 is 22.6 Å². The molecular weight excluding hydrogens is 306 g/mol. The average Bonchev–Trinajstić information content (AvgIpc) is 2.20. The molecule has 0 radical (unpaired) electrons. The molecule has 0 saturated carbocycles. The van der Waals surface area contributed by atoms with Gasteiger partial charge in [-0.25, -0.2) is 4.39 Å². The van der Waals surface area contributed by atoms with Crippen molar-refractivity contribution in [1.29, 1.82) is 0 Å². The molecule has 2 rings (SSSR count). The van der Waals surface area contributed by atoms with Crippen molar-refractivity contribution < 1.29 is 4.39 Å². The summed E-state index contributed by atoms with van der Waals surface area (Å²) in [5, 5.41) is 0. The molecule has 0 amide bonds. The predicted molar refractivity (Wildman–Crippen MR) is 67.9 cm³/mol. The normalized spacial score (nSPS) is 15.3. The van der Waals surface area contributed by atoms with Gasteiger partial charge in [-0.1, -0.05) is 12.2 Å². The average molecular weight is 316 g/mol. The number of rotatable bonds is 1. The molecule has 2 N–H and O–H groups in total. The maximum Gasteiger partial charge on any atom is 0.147 e. The van der Waals surface area contributed by atoms with Gasteiger partial charge < -0.3 is 10.6 Å². The van der Waals surface area contributed by atoms with E-state index in [-0.39, 0.29) is 5.82 Å². The molecule has 15 heavy (non-hydrogen) atoms. The van der Waals surface area contributed by atoms with E-state index >= 15 is 0 Å². The lowest BCUT2D eigenvalue weighted by atomic mass is 10.2. The van der Waals surface area contributed by atoms with E-state index in [0.29, 0.717) is 18.1 Å². The van der Waals surface area contributed by atoms with Gasteiger partial charge in [-0.15, -0.1) is 0 Å². The molecule has 0 spiro atoms. The van der Waals surface area contributed by atoms with Gasteiger partial charge in [0.05, 0.1) is 5.69 Å². The first kappa shape index (κ1) is 10.5. The third kappa shape index (κ3) is 2.14. The first-order valence-corrected chi connectivity index (χ1v) is 5.61. The molecule has 0 atom stereocenters. The molecule has 0 unspecified atom stereocenters. The highest BCUT2D eigenvalue weighted by Crippen LogP contribution is 2.24. The van der Waals surface area contributed by atoms with Crippen LogP contribution in [0.15, 0.2) is 42.2 Å². The summed E-state index contributed by atoms with van der Waals surface area (Å²) >= 11 is 2.08. The number of benzene rings is 1. The van der Waals surface area contributed by atoms with Gasteiger partial charge in [0, 0.05) is 10.1 Å². The van der Waals surface area contributed by atoms with Crippen LogP contribution < -0.4 is 10.6 Å². The molecule has 1 heterocycles. The van der Waals surface area contributed by atoms with Crippen LogP contribution in [0.3, 0.4) is 0 Å². The van der Waals surface area contributed by atoms with E-state index in [0.717, 1.165) is 3.57 Å². The first-order chi connectivity index (χ1) is 7.18. The summed E-state index contributed by atoms with van der Waals surface area (Å²) in [5.41, 5.74) is 6.31. The van der Waals surface area contributed by atoms with Crippen LogP contribution in [-0.4, -0.2) is 6.54 Å². The van der Waals surface area contributed by atoms with Crippen LogP contribution in [0.25, 0.3) is 0 Å². The lowest BCUT2D eigenvalue weighted by Gasteiger charge is -2.25. The Morgan fingerprint density at radius 2 is 2.20 bits per heavy atom. The van der Waals surface area contributed by atoms with Crippen molar-refractivity contribution in [2.75, 3.05) is 11.4 Å². The van der Waals surface area contributed by atoms with Gasteiger partial charge in [-0.05, 0) is 46.9 Å². The minimum Gasteiger partial charge on any atom is -0.385 e. The van der Waals surface area contributed by atoms with Gasteiger partial charge in [0.2, 0.25) is 0 Å². The number of allylic oxidation sites excluding steroid dienone is 2. The van der Waals surface area contributed by atoms with Crippen LogP contribution in [0.4, 0.5) is 10.1 Å². The summed E-state index contributed by atoms with van der Waals surface area (Å²) < 4.78 is 14.5. The number of halogens is 2. The van der Waals surface area contributed by atoms with Crippen molar-refractivity contribution in [3.63, 3.8) is 0 Å². The van der Waals surface area contributed by atoms with E-state index in [1.807, 2.05) is 18.2 Å². The standard InChI is InChI=1S/C11H10FIN2/c12-9-7-8(13)4-5-10(9)15-6-2-1-3-11(15)14/h1-5,7H,6,14H2. The summed E-state index contributed by atoms with van der Waals surface area (Å²) in [6.07, 6.45) is 5.57. The van der Waals surface area contributed by atoms with Crippen molar-refractivity contribution in [3.05, 3.63) is 51.6 Å². The van der Waals surface area contributed by atoms with Gasteiger partial charge >= 0.3 is 0 Å². The van der Waals surface area contributed by atoms with Gasteiger partial charge in [0.25, 0.3) is 0 Å². The zero-order valence-corrected chi connectivity index (χ0v) is 10.1. The molecule has 1 aromatic carbocycles. The van der Waals surface area contributed by atoms with Crippen LogP contribution in [0.1, 0.15) is 0 Å². The Labute approximate surface area is 101 Å². The zero-order valence-electron chi connectivity index (χ0n) is 7.95. The van der Waals surface area contributed by atoms with Crippen molar-refractivity contribution >= 4 is 28.3 Å². The largest absolute Gasteiger partial charge is 0.385 e. The highest BCUT2D eigenvalue weighted by atomic mass is 127. The second-order valence-corrected chi connectivity index (χ2v) is 4.47. The fourth-order valence-corrected chi connectivity index (χ4v) is 1.92. The molecule has 0 bridgehead atoms. The summed E-state index contributed by atoms with van der Waals surface area (Å²) in [7, 11) is 0. The smallest absolute Gasteiger partial charge is 0.147 e. The van der Waals surface area contributed by atoms with Crippen LogP contribution in [-0.2, 0) is 0 Å². The highest BCUT2D eigenvalue weighted by molar-refractivity contribution is 14.1. The van der Waals surface area contributed by atoms with E-state index in [9.17, 15) is 4.39 Å². The fourth-order valence-electron chi connectivity index (χ4n) is 1.47. The Kier molecular flexibility index (Phi) is 2.95. The van der Waals surface area contributed by atoms with Crippen LogP contribution in [0.5, 0.6) is 0 Å². The van der Waals surface area contributed by atoms with Crippen molar-refractivity contribution in [2.24, 2.45) is 5.73 Å². The molecule has 1 aliphatic heterocycles. The van der Waals surface area contributed by atoms with Crippen molar-refractivity contribution in [3.8, 4) is 0 Å². The monoisotopic (exact) mass is 316 g/mol. The van der Waals surface area contributed by atoms with Crippen molar-refractivity contribution in [1.82, 2.24) is 0 Å². The molecular formula is C11H10FIN2. The molecule has 0 aliphatic carbocycles. The Balaban J connectivity index is 2.38. The first-order valence-electron chi connectivity index (χ1n) is 4.53. The summed E-state index contributed by atoms with van der Waals surface area (Å²) in [6.45, 7) is 0.611. The summed E-state index contributed by atoms with van der Waals surface area (Å²) in [5.74, 6) is 0.325. The van der Waals surface area contributed by atoms with Crippen LogP contribution in [0, 0.1) is 9.39 Å². The summed E-state index contributed by atoms with van der Waals surface area (Å²) in [4.78, 5) is 1.74. The van der Waals surface area contributed by atoms with Gasteiger partial charge in [0.1, 0.15) is 11.6 Å². The quantitative estimate of drug-likeness (QED) is 0.807. The zero-order chi connectivity index (χ0) is 10.8. The predicted octanol–water partition coefficient (Wildman–Crippen LogP) is 2.61. The van der Waals surface area contributed by atoms with Gasteiger partial charge in [-0.3, -0.25) is 0 Å². The number of anilines is 1. The maximum absolute atomic E-state index is 13.7. The van der Waals surface area contributed by atoms with Gasteiger partial charge in [0.15, 0.2) is 0 Å². The maximum atomic E-state index is 13.7. The minimum atomic E-state index is -0.242. The van der Waals surface area contributed by atoms with Crippen LogP contribution in [0.2, 0.25) is 0 Å². The molecule has 1 aliphatic rings. The Hall–Kier alpha value is -1.04. The number of nitrogens with zero attached hydrogens (tertiary/aromatic N) is 1. The Bertz CT molecular complexity index is 440. The second-order valence-electron chi connectivity index (χ2n) is 3.23. The third-order valence-corrected chi connectivity index (χ3v) is 2.87. The van der Waals surface area contributed by atoms with E-state index in [2.05, 4.69) is 22.6 Å². The van der Waals surface area contributed by atoms with Gasteiger partial charge in [-0.2, -0.15) is 0 Å². The van der Waals surface area contributed by atoms with E-state index < -0.39 is 0 Å².